The molecule has 0 spiro atoms. The Labute approximate surface area is 87.7 Å². The van der Waals surface area contributed by atoms with Gasteiger partial charge in [-0.05, 0) is 12.5 Å². The number of aliphatic hydroxyl groups is 1. The zero-order valence-corrected chi connectivity index (χ0v) is 8.56. The number of amides is 1. The molecule has 0 aromatic carbocycles. The van der Waals surface area contributed by atoms with Crippen molar-refractivity contribution in [3.63, 3.8) is 0 Å². The molecule has 15 heavy (non-hydrogen) atoms. The number of carbonyl (C=O) groups is 2. The zero-order valence-electron chi connectivity index (χ0n) is 8.56. The number of aliphatic hydroxyl groups excluding tert-OH is 1. The monoisotopic (exact) mass is 216 g/mol. The highest BCUT2D eigenvalue weighted by molar-refractivity contribution is 5.85. The van der Waals surface area contributed by atoms with Gasteiger partial charge in [0, 0.05) is 6.54 Å². The van der Waals surface area contributed by atoms with Gasteiger partial charge in [-0.25, -0.2) is 4.79 Å². The molecule has 1 rings (SSSR count). The third-order valence-electron chi connectivity index (χ3n) is 2.65. The lowest BCUT2D eigenvalue weighted by molar-refractivity contribution is -0.143. The van der Waals surface area contributed by atoms with Crippen molar-refractivity contribution >= 4 is 11.9 Å². The third-order valence-corrected chi connectivity index (χ3v) is 2.65. The molecule has 4 N–H and O–H groups in total. The molecule has 1 amide bonds. The molecule has 1 fully saturated rings. The molecule has 86 valence electrons. The normalized spacial score (nSPS) is 27.3. The van der Waals surface area contributed by atoms with Gasteiger partial charge in [-0.15, -0.1) is 0 Å². The van der Waals surface area contributed by atoms with E-state index in [1.807, 2.05) is 6.92 Å². The molecule has 6 heteroatoms. The Kier molecular flexibility index (Phi) is 4.05. The molecule has 1 aliphatic rings. The Balaban J connectivity index is 2.50. The number of hydrogen-bond acceptors (Lipinski definition) is 4. The zero-order chi connectivity index (χ0) is 11.4. The molecule has 0 aromatic heterocycles. The minimum atomic E-state index is -1.22. The Morgan fingerprint density at radius 3 is 2.60 bits per heavy atom. The van der Waals surface area contributed by atoms with Crippen molar-refractivity contribution in [1.82, 2.24) is 10.6 Å². The van der Waals surface area contributed by atoms with Crippen LogP contribution in [0.5, 0.6) is 0 Å². The molecule has 0 saturated carbocycles. The summed E-state index contributed by atoms with van der Waals surface area (Å²) in [6, 6.07) is -1.20. The molecule has 0 bridgehead atoms. The van der Waals surface area contributed by atoms with Crippen LogP contribution in [0.25, 0.3) is 0 Å². The van der Waals surface area contributed by atoms with E-state index in [1.54, 1.807) is 0 Å². The first kappa shape index (κ1) is 11.9. The summed E-state index contributed by atoms with van der Waals surface area (Å²) in [6.07, 6.45) is 0. The molecule has 3 atom stereocenters. The summed E-state index contributed by atoms with van der Waals surface area (Å²) >= 11 is 0. The largest absolute Gasteiger partial charge is 0.480 e. The Bertz CT molecular complexity index is 256. The van der Waals surface area contributed by atoms with Crippen LogP contribution in [0.15, 0.2) is 0 Å². The molecule has 0 radical (unpaired) electrons. The summed E-state index contributed by atoms with van der Waals surface area (Å²) < 4.78 is 0. The van der Waals surface area contributed by atoms with E-state index in [-0.39, 0.29) is 17.7 Å². The second kappa shape index (κ2) is 5.09. The predicted octanol–water partition coefficient (Wildman–Crippen LogP) is -1.60. The summed E-state index contributed by atoms with van der Waals surface area (Å²) in [5, 5.41) is 22.7. The van der Waals surface area contributed by atoms with Gasteiger partial charge in [-0.3, -0.25) is 4.79 Å². The van der Waals surface area contributed by atoms with E-state index in [4.69, 9.17) is 10.2 Å². The summed E-state index contributed by atoms with van der Waals surface area (Å²) in [6.45, 7) is 2.66. The number of carbonyl (C=O) groups excluding carboxylic acids is 1. The first-order valence-electron chi connectivity index (χ1n) is 4.91. The Hall–Kier alpha value is -1.14. The van der Waals surface area contributed by atoms with Crippen molar-refractivity contribution in [1.29, 1.82) is 0 Å². The lowest BCUT2D eigenvalue weighted by atomic mass is 9.97. The maximum atomic E-state index is 11.6. The molecule has 0 aliphatic carbocycles. The smallest absolute Gasteiger partial charge is 0.328 e. The van der Waals surface area contributed by atoms with Crippen molar-refractivity contribution < 1.29 is 19.8 Å². The molecule has 6 nitrogen and oxygen atoms in total. The second-order valence-corrected chi connectivity index (χ2v) is 3.82. The van der Waals surface area contributed by atoms with Crippen molar-refractivity contribution in [2.75, 3.05) is 19.7 Å². The van der Waals surface area contributed by atoms with Crippen LogP contribution >= 0.6 is 0 Å². The van der Waals surface area contributed by atoms with Crippen molar-refractivity contribution in [3.05, 3.63) is 0 Å². The number of aliphatic carboxylic acids is 1. The predicted molar refractivity (Wildman–Crippen MR) is 52.2 cm³/mol. The Morgan fingerprint density at radius 1 is 1.53 bits per heavy atom. The van der Waals surface area contributed by atoms with Gasteiger partial charge in [0.15, 0.2) is 0 Å². The third kappa shape index (κ3) is 2.90. The first-order valence-corrected chi connectivity index (χ1v) is 4.91. The summed E-state index contributed by atoms with van der Waals surface area (Å²) in [5.74, 6) is -1.55. The van der Waals surface area contributed by atoms with Crippen LogP contribution in [0, 0.1) is 11.8 Å². The van der Waals surface area contributed by atoms with E-state index >= 15 is 0 Å². The van der Waals surface area contributed by atoms with Gasteiger partial charge in [0.2, 0.25) is 5.91 Å². The topological polar surface area (TPSA) is 98.7 Å². The highest BCUT2D eigenvalue weighted by Crippen LogP contribution is 2.15. The minimum Gasteiger partial charge on any atom is -0.480 e. The van der Waals surface area contributed by atoms with E-state index in [0.717, 1.165) is 6.54 Å². The number of carboxylic acid groups (broad SMARTS) is 1. The Morgan fingerprint density at radius 2 is 2.20 bits per heavy atom. The van der Waals surface area contributed by atoms with Crippen LogP contribution in [0.3, 0.4) is 0 Å². The summed E-state index contributed by atoms with van der Waals surface area (Å²) in [5.41, 5.74) is 0. The lowest BCUT2D eigenvalue weighted by Crippen LogP contribution is -2.47. The molecular formula is C9H16N2O4. The second-order valence-electron chi connectivity index (χ2n) is 3.82. The lowest BCUT2D eigenvalue weighted by Gasteiger charge is -2.17. The van der Waals surface area contributed by atoms with Gasteiger partial charge < -0.3 is 20.8 Å². The highest BCUT2D eigenvalue weighted by atomic mass is 16.4. The standard InChI is InChI=1S/C9H16N2O4/c1-5-2-10-3-6(5)8(13)11-7(4-12)9(14)15/h5-7,10,12H,2-4H2,1H3,(H,11,13)(H,14,15)/t5-,6-,7?/m1/s1. The van der Waals surface area contributed by atoms with E-state index in [9.17, 15) is 9.59 Å². The van der Waals surface area contributed by atoms with Crippen LogP contribution in [-0.4, -0.2) is 47.8 Å². The van der Waals surface area contributed by atoms with Crippen LogP contribution in [-0.2, 0) is 9.59 Å². The van der Waals surface area contributed by atoms with Gasteiger partial charge in [0.1, 0.15) is 6.04 Å². The molecule has 1 unspecified atom stereocenters. The van der Waals surface area contributed by atoms with Gasteiger partial charge in [0.05, 0.1) is 12.5 Å². The SMILES string of the molecule is C[C@@H]1CNC[C@H]1C(=O)NC(CO)C(=O)O. The fourth-order valence-electron chi connectivity index (χ4n) is 1.63. The van der Waals surface area contributed by atoms with E-state index < -0.39 is 18.6 Å². The van der Waals surface area contributed by atoms with Crippen LogP contribution in [0.1, 0.15) is 6.92 Å². The van der Waals surface area contributed by atoms with Crippen molar-refractivity contribution in [2.45, 2.75) is 13.0 Å². The number of rotatable bonds is 4. The van der Waals surface area contributed by atoms with Gasteiger partial charge in [0.25, 0.3) is 0 Å². The van der Waals surface area contributed by atoms with E-state index in [0.29, 0.717) is 6.54 Å². The average molecular weight is 216 g/mol. The highest BCUT2D eigenvalue weighted by Gasteiger charge is 2.31. The first-order chi connectivity index (χ1) is 7.06. The fraction of sp³-hybridized carbons (Fsp3) is 0.778. The molecule has 1 heterocycles. The molecule has 1 aliphatic heterocycles. The van der Waals surface area contributed by atoms with Crippen LogP contribution in [0.2, 0.25) is 0 Å². The molecule has 1 saturated heterocycles. The minimum absolute atomic E-state index is 0.193. The van der Waals surface area contributed by atoms with Gasteiger partial charge >= 0.3 is 5.97 Å². The average Bonchev–Trinajstić information content (AvgIpc) is 2.60. The maximum absolute atomic E-state index is 11.6. The molecular weight excluding hydrogens is 200 g/mol. The number of carboxylic acids is 1. The van der Waals surface area contributed by atoms with Crippen LogP contribution < -0.4 is 10.6 Å². The van der Waals surface area contributed by atoms with Gasteiger partial charge in [-0.2, -0.15) is 0 Å². The summed E-state index contributed by atoms with van der Waals surface area (Å²) in [7, 11) is 0. The quantitative estimate of drug-likeness (QED) is 0.454. The number of hydrogen-bond donors (Lipinski definition) is 4. The fourth-order valence-corrected chi connectivity index (χ4v) is 1.63. The maximum Gasteiger partial charge on any atom is 0.328 e. The van der Waals surface area contributed by atoms with Gasteiger partial charge in [-0.1, -0.05) is 6.92 Å². The van der Waals surface area contributed by atoms with E-state index in [2.05, 4.69) is 10.6 Å². The number of nitrogens with one attached hydrogen (secondary N) is 2. The van der Waals surface area contributed by atoms with Crippen molar-refractivity contribution in [2.24, 2.45) is 11.8 Å². The summed E-state index contributed by atoms with van der Waals surface area (Å²) in [4.78, 5) is 22.2. The molecule has 0 aromatic rings. The van der Waals surface area contributed by atoms with E-state index in [1.165, 1.54) is 0 Å². The van der Waals surface area contributed by atoms with Crippen molar-refractivity contribution in [3.8, 4) is 0 Å². The van der Waals surface area contributed by atoms with Crippen LogP contribution in [0.4, 0.5) is 0 Å².